The fourth-order valence-electron chi connectivity index (χ4n) is 2.60. The number of guanidine groups is 1. The second-order valence-corrected chi connectivity index (χ2v) is 8.29. The summed E-state index contributed by atoms with van der Waals surface area (Å²) in [6, 6.07) is 14.4. The van der Waals surface area contributed by atoms with Crippen molar-refractivity contribution in [1.82, 2.24) is 15.4 Å². The third kappa shape index (κ3) is 7.40. The lowest BCUT2D eigenvalue weighted by Gasteiger charge is -2.15. The van der Waals surface area contributed by atoms with E-state index < -0.39 is 10.0 Å². The molecule has 0 aromatic heterocycles. The van der Waals surface area contributed by atoms with Gasteiger partial charge in [0.15, 0.2) is 5.96 Å². The highest BCUT2D eigenvalue weighted by Gasteiger charge is 2.12. The van der Waals surface area contributed by atoms with Crippen LogP contribution in [0.4, 0.5) is 0 Å². The Labute approximate surface area is 173 Å². The average molecular weight is 419 g/mol. The molecular weight excluding hydrogens is 388 g/mol. The number of sulfonamides is 1. The molecule has 0 spiro atoms. The summed E-state index contributed by atoms with van der Waals surface area (Å²) >= 11 is 0. The summed E-state index contributed by atoms with van der Waals surface area (Å²) < 4.78 is 32.8. The van der Waals surface area contributed by atoms with Crippen molar-refractivity contribution in [3.8, 4) is 5.75 Å². The molecule has 0 saturated heterocycles. The lowest BCUT2D eigenvalue weighted by molar-refractivity contribution is 0.313. The van der Waals surface area contributed by atoms with Crippen LogP contribution in [-0.4, -0.2) is 41.1 Å². The number of hydrogen-bond acceptors (Lipinski definition) is 4. The molecule has 2 rings (SSSR count). The zero-order chi connectivity index (χ0) is 21.1. The van der Waals surface area contributed by atoms with E-state index in [-0.39, 0.29) is 11.4 Å². The maximum Gasteiger partial charge on any atom is 0.240 e. The first kappa shape index (κ1) is 22.7. The van der Waals surface area contributed by atoms with Crippen molar-refractivity contribution in [2.45, 2.75) is 31.7 Å². The zero-order valence-electron chi connectivity index (χ0n) is 17.2. The zero-order valence-corrected chi connectivity index (χ0v) is 18.1. The molecule has 158 valence electrons. The molecule has 0 saturated carbocycles. The first-order chi connectivity index (χ1) is 14.0. The van der Waals surface area contributed by atoms with E-state index in [4.69, 9.17) is 4.74 Å². The molecular formula is C21H30N4O3S. The minimum Gasteiger partial charge on any atom is -0.493 e. The molecule has 8 heteroatoms. The molecule has 7 nitrogen and oxygen atoms in total. The van der Waals surface area contributed by atoms with Crippen molar-refractivity contribution in [2.75, 3.05) is 26.7 Å². The minimum absolute atomic E-state index is 0.243. The van der Waals surface area contributed by atoms with Crippen molar-refractivity contribution in [1.29, 1.82) is 0 Å². The number of hydrogen-bond donors (Lipinski definition) is 3. The molecule has 2 aromatic rings. The number of benzene rings is 2. The molecule has 0 amide bonds. The van der Waals surface area contributed by atoms with Crippen molar-refractivity contribution in [3.63, 3.8) is 0 Å². The molecule has 0 aliphatic rings. The number of aliphatic imine (C=N–C) groups is 1. The molecule has 0 heterocycles. The normalized spacial score (nSPS) is 11.9. The predicted octanol–water partition coefficient (Wildman–Crippen LogP) is 2.43. The first-order valence-electron chi connectivity index (χ1n) is 9.68. The van der Waals surface area contributed by atoms with Crippen molar-refractivity contribution in [2.24, 2.45) is 4.99 Å². The van der Waals surface area contributed by atoms with Gasteiger partial charge in [0.2, 0.25) is 10.0 Å². The van der Waals surface area contributed by atoms with Crippen molar-refractivity contribution >= 4 is 16.0 Å². The second kappa shape index (κ2) is 11.4. The largest absolute Gasteiger partial charge is 0.493 e. The Bertz CT molecular complexity index is 899. The van der Waals surface area contributed by atoms with E-state index in [0.717, 1.165) is 23.3 Å². The van der Waals surface area contributed by atoms with Gasteiger partial charge in [-0.05, 0) is 37.1 Å². The summed E-state index contributed by atoms with van der Waals surface area (Å²) in [6.07, 6.45) is 0.947. The fraction of sp³-hybridized carbons (Fsp3) is 0.381. The van der Waals surface area contributed by atoms with E-state index in [1.165, 1.54) is 0 Å². The Balaban J connectivity index is 1.83. The summed E-state index contributed by atoms with van der Waals surface area (Å²) in [5.41, 5.74) is 2.19. The molecule has 0 aliphatic carbocycles. The van der Waals surface area contributed by atoms with Gasteiger partial charge < -0.3 is 15.4 Å². The van der Waals surface area contributed by atoms with Gasteiger partial charge in [-0.2, -0.15) is 0 Å². The van der Waals surface area contributed by atoms with E-state index in [9.17, 15) is 8.42 Å². The van der Waals surface area contributed by atoms with Gasteiger partial charge in [0.25, 0.3) is 0 Å². The van der Waals surface area contributed by atoms with Crippen LogP contribution in [-0.2, 0) is 16.6 Å². The second-order valence-electron chi connectivity index (χ2n) is 6.52. The molecule has 0 unspecified atom stereocenters. The Morgan fingerprint density at radius 2 is 1.83 bits per heavy atom. The quantitative estimate of drug-likeness (QED) is 0.313. The summed E-state index contributed by atoms with van der Waals surface area (Å²) in [5, 5.41) is 6.34. The number of rotatable bonds is 10. The van der Waals surface area contributed by atoms with Gasteiger partial charge in [0, 0.05) is 32.2 Å². The van der Waals surface area contributed by atoms with Gasteiger partial charge in [-0.3, -0.25) is 4.99 Å². The highest BCUT2D eigenvalue weighted by atomic mass is 32.2. The number of nitrogens with zero attached hydrogens (tertiary/aromatic N) is 1. The maximum absolute atomic E-state index is 12.2. The van der Waals surface area contributed by atoms with Gasteiger partial charge in [-0.25, -0.2) is 13.1 Å². The summed E-state index contributed by atoms with van der Waals surface area (Å²) in [6.45, 7) is 5.98. The molecule has 0 atom stereocenters. The van der Waals surface area contributed by atoms with E-state index in [0.29, 0.717) is 25.7 Å². The molecule has 3 N–H and O–H groups in total. The Morgan fingerprint density at radius 3 is 2.52 bits per heavy atom. The Kier molecular flexibility index (Phi) is 8.95. The molecule has 0 radical (unpaired) electrons. The smallest absolute Gasteiger partial charge is 0.240 e. The van der Waals surface area contributed by atoms with Crippen LogP contribution in [0.25, 0.3) is 0 Å². The average Bonchev–Trinajstić information content (AvgIpc) is 2.73. The van der Waals surface area contributed by atoms with Crippen LogP contribution in [0.5, 0.6) is 5.75 Å². The lowest BCUT2D eigenvalue weighted by atomic mass is 10.1. The number of nitrogens with one attached hydrogen (secondary N) is 3. The standard InChI is InChI=1S/C21H30N4O3S/c1-4-14-28-20-15-17(2)10-11-18(20)16-24-21(22-3)23-12-13-25-29(26,27)19-8-6-5-7-9-19/h5-11,15,25H,4,12-14,16H2,1-3H3,(H2,22,23,24). The van der Waals surface area contributed by atoms with Crippen LogP contribution in [0, 0.1) is 6.92 Å². The van der Waals surface area contributed by atoms with Crippen LogP contribution in [0.15, 0.2) is 58.4 Å². The highest BCUT2D eigenvalue weighted by Crippen LogP contribution is 2.20. The van der Waals surface area contributed by atoms with Crippen LogP contribution in [0.1, 0.15) is 24.5 Å². The predicted molar refractivity (Wildman–Crippen MR) is 117 cm³/mol. The number of aryl methyl sites for hydroxylation is 1. The van der Waals surface area contributed by atoms with E-state index in [2.05, 4.69) is 27.3 Å². The molecule has 0 aliphatic heterocycles. The monoisotopic (exact) mass is 418 g/mol. The highest BCUT2D eigenvalue weighted by molar-refractivity contribution is 7.89. The summed E-state index contributed by atoms with van der Waals surface area (Å²) in [4.78, 5) is 4.43. The Hall–Kier alpha value is -2.58. The summed E-state index contributed by atoms with van der Waals surface area (Å²) in [7, 11) is -1.83. The van der Waals surface area contributed by atoms with Crippen LogP contribution in [0.3, 0.4) is 0 Å². The van der Waals surface area contributed by atoms with Crippen molar-refractivity contribution < 1.29 is 13.2 Å². The minimum atomic E-state index is -3.51. The van der Waals surface area contributed by atoms with Crippen LogP contribution in [0.2, 0.25) is 0 Å². The fourth-order valence-corrected chi connectivity index (χ4v) is 3.66. The van der Waals surface area contributed by atoms with Gasteiger partial charge >= 0.3 is 0 Å². The van der Waals surface area contributed by atoms with Crippen LogP contribution >= 0.6 is 0 Å². The van der Waals surface area contributed by atoms with E-state index >= 15 is 0 Å². The maximum atomic E-state index is 12.2. The van der Waals surface area contributed by atoms with Crippen molar-refractivity contribution in [3.05, 3.63) is 59.7 Å². The summed E-state index contributed by atoms with van der Waals surface area (Å²) in [5.74, 6) is 1.45. The van der Waals surface area contributed by atoms with Gasteiger partial charge in [-0.15, -0.1) is 0 Å². The van der Waals surface area contributed by atoms with E-state index in [1.807, 2.05) is 25.1 Å². The first-order valence-corrected chi connectivity index (χ1v) is 11.2. The van der Waals surface area contributed by atoms with Gasteiger partial charge in [-0.1, -0.05) is 37.3 Å². The van der Waals surface area contributed by atoms with Crippen LogP contribution < -0.4 is 20.1 Å². The number of ether oxygens (including phenoxy) is 1. The van der Waals surface area contributed by atoms with Gasteiger partial charge in [0.1, 0.15) is 5.75 Å². The lowest BCUT2D eigenvalue weighted by Crippen LogP contribution is -2.41. The van der Waals surface area contributed by atoms with Gasteiger partial charge in [0.05, 0.1) is 11.5 Å². The molecule has 0 fully saturated rings. The topological polar surface area (TPSA) is 91.8 Å². The SMILES string of the molecule is CCCOc1cc(C)ccc1CNC(=NC)NCCNS(=O)(=O)c1ccccc1. The Morgan fingerprint density at radius 1 is 1.07 bits per heavy atom. The van der Waals surface area contributed by atoms with E-state index in [1.54, 1.807) is 37.4 Å². The molecule has 2 aromatic carbocycles. The molecule has 0 bridgehead atoms. The molecule has 29 heavy (non-hydrogen) atoms. The third-order valence-electron chi connectivity index (χ3n) is 4.12. The third-order valence-corrected chi connectivity index (χ3v) is 5.59.